The summed E-state index contributed by atoms with van der Waals surface area (Å²) in [5, 5.41) is 2.98. The van der Waals surface area contributed by atoms with E-state index in [0.717, 1.165) is 30.4 Å². The highest BCUT2D eigenvalue weighted by Crippen LogP contribution is 2.27. The van der Waals surface area contributed by atoms with E-state index < -0.39 is 0 Å². The molecule has 0 radical (unpaired) electrons. The first kappa shape index (κ1) is 12.7. The van der Waals surface area contributed by atoms with Gasteiger partial charge in [0, 0.05) is 24.5 Å². The number of hydrogen-bond donors (Lipinski definition) is 2. The fraction of sp³-hybridized carbons (Fsp3) is 0.500. The molecule has 1 aromatic carbocycles. The summed E-state index contributed by atoms with van der Waals surface area (Å²) in [6, 6.07) is 7.64. The lowest BCUT2D eigenvalue weighted by atomic mass is 10.2. The Kier molecular flexibility index (Phi) is 4.07. The van der Waals surface area contributed by atoms with Crippen molar-refractivity contribution in [2.24, 2.45) is 5.92 Å². The third kappa shape index (κ3) is 3.65. The lowest BCUT2D eigenvalue weighted by Gasteiger charge is -2.22. The van der Waals surface area contributed by atoms with Crippen LogP contribution in [-0.2, 0) is 4.79 Å². The van der Waals surface area contributed by atoms with Gasteiger partial charge >= 0.3 is 0 Å². The molecule has 0 heterocycles. The number of likely N-dealkylation sites (N-methyl/N-ethyl adjacent to an activating group) is 1. The molecule has 4 heteroatoms. The average molecular weight is 247 g/mol. The fourth-order valence-electron chi connectivity index (χ4n) is 1.92. The van der Waals surface area contributed by atoms with Crippen LogP contribution in [0.3, 0.4) is 0 Å². The number of anilines is 2. The Morgan fingerprint density at radius 1 is 1.50 bits per heavy atom. The predicted octanol–water partition coefficient (Wildman–Crippen LogP) is 1.62. The van der Waals surface area contributed by atoms with Gasteiger partial charge in [0.25, 0.3) is 0 Å². The minimum Gasteiger partial charge on any atom is -0.399 e. The largest absolute Gasteiger partial charge is 0.399 e. The van der Waals surface area contributed by atoms with Gasteiger partial charge in [-0.25, -0.2) is 0 Å². The molecule has 18 heavy (non-hydrogen) atoms. The van der Waals surface area contributed by atoms with E-state index >= 15 is 0 Å². The molecule has 3 N–H and O–H groups in total. The van der Waals surface area contributed by atoms with Crippen molar-refractivity contribution in [2.75, 3.05) is 30.3 Å². The van der Waals surface area contributed by atoms with E-state index in [2.05, 4.69) is 5.32 Å². The van der Waals surface area contributed by atoms with E-state index in [0.29, 0.717) is 6.54 Å². The van der Waals surface area contributed by atoms with E-state index in [1.54, 1.807) is 0 Å². The second-order valence-electron chi connectivity index (χ2n) is 4.86. The number of carbonyl (C=O) groups is 1. The number of benzene rings is 1. The van der Waals surface area contributed by atoms with Gasteiger partial charge < -0.3 is 16.0 Å². The highest BCUT2D eigenvalue weighted by molar-refractivity contribution is 5.81. The predicted molar refractivity (Wildman–Crippen MR) is 74.5 cm³/mol. The lowest BCUT2D eigenvalue weighted by molar-refractivity contribution is -0.119. The monoisotopic (exact) mass is 247 g/mol. The molecule has 0 atom stereocenters. The lowest BCUT2D eigenvalue weighted by Crippen LogP contribution is -2.38. The Hall–Kier alpha value is -1.71. The van der Waals surface area contributed by atoms with E-state index in [9.17, 15) is 4.79 Å². The molecular weight excluding hydrogens is 226 g/mol. The van der Waals surface area contributed by atoms with Crippen LogP contribution in [0.25, 0.3) is 0 Å². The molecule has 0 aromatic heterocycles. The molecule has 1 amide bonds. The average Bonchev–Trinajstić information content (AvgIpc) is 3.17. The highest BCUT2D eigenvalue weighted by atomic mass is 16.2. The Labute approximate surface area is 108 Å². The summed E-state index contributed by atoms with van der Waals surface area (Å²) in [4.78, 5) is 13.8. The quantitative estimate of drug-likeness (QED) is 0.751. The van der Waals surface area contributed by atoms with Crippen molar-refractivity contribution < 1.29 is 4.79 Å². The number of nitrogens with one attached hydrogen (secondary N) is 1. The van der Waals surface area contributed by atoms with Crippen LogP contribution >= 0.6 is 0 Å². The summed E-state index contributed by atoms with van der Waals surface area (Å²) < 4.78 is 0. The zero-order chi connectivity index (χ0) is 13.0. The second kappa shape index (κ2) is 5.76. The summed E-state index contributed by atoms with van der Waals surface area (Å²) in [5.74, 6) is 0.808. The summed E-state index contributed by atoms with van der Waals surface area (Å²) in [6.07, 6.45) is 2.51. The van der Waals surface area contributed by atoms with E-state index in [4.69, 9.17) is 5.73 Å². The summed E-state index contributed by atoms with van der Waals surface area (Å²) in [7, 11) is 0. The third-order valence-electron chi connectivity index (χ3n) is 3.24. The van der Waals surface area contributed by atoms with Crippen LogP contribution in [0.1, 0.15) is 19.8 Å². The third-order valence-corrected chi connectivity index (χ3v) is 3.24. The van der Waals surface area contributed by atoms with Gasteiger partial charge in [-0.3, -0.25) is 4.79 Å². The smallest absolute Gasteiger partial charge is 0.239 e. The van der Waals surface area contributed by atoms with E-state index in [1.807, 2.05) is 36.1 Å². The second-order valence-corrected chi connectivity index (χ2v) is 4.86. The van der Waals surface area contributed by atoms with Crippen molar-refractivity contribution in [2.45, 2.75) is 19.8 Å². The van der Waals surface area contributed by atoms with Crippen LogP contribution in [0.2, 0.25) is 0 Å². The molecule has 1 aromatic rings. The molecular formula is C14H21N3O. The van der Waals surface area contributed by atoms with Gasteiger partial charge in [0.1, 0.15) is 0 Å². The molecule has 4 nitrogen and oxygen atoms in total. The Morgan fingerprint density at radius 2 is 2.28 bits per heavy atom. The van der Waals surface area contributed by atoms with Gasteiger partial charge in [0.05, 0.1) is 6.54 Å². The normalized spacial score (nSPS) is 14.3. The first-order valence-corrected chi connectivity index (χ1v) is 6.56. The number of hydrogen-bond acceptors (Lipinski definition) is 3. The molecule has 1 aliphatic carbocycles. The molecule has 2 rings (SSSR count). The van der Waals surface area contributed by atoms with Crippen molar-refractivity contribution in [3.8, 4) is 0 Å². The standard InChI is InChI=1S/C14H21N3O/c1-2-17(13-5-3-4-12(15)8-13)10-14(18)16-9-11-6-7-11/h3-5,8,11H,2,6-7,9-10,15H2,1H3,(H,16,18). The minimum atomic E-state index is 0.0891. The van der Waals surface area contributed by atoms with Crippen LogP contribution in [0, 0.1) is 5.92 Å². The Bertz CT molecular complexity index is 415. The molecule has 0 aliphatic heterocycles. The Morgan fingerprint density at radius 3 is 2.89 bits per heavy atom. The maximum absolute atomic E-state index is 11.8. The van der Waals surface area contributed by atoms with Gasteiger partial charge in [-0.05, 0) is 43.9 Å². The highest BCUT2D eigenvalue weighted by Gasteiger charge is 2.21. The first-order valence-electron chi connectivity index (χ1n) is 6.56. The van der Waals surface area contributed by atoms with Crippen molar-refractivity contribution in [3.05, 3.63) is 24.3 Å². The molecule has 1 fully saturated rings. The van der Waals surface area contributed by atoms with Crippen molar-refractivity contribution >= 4 is 17.3 Å². The number of carbonyl (C=O) groups excluding carboxylic acids is 1. The Balaban J connectivity index is 1.89. The van der Waals surface area contributed by atoms with Gasteiger partial charge in [-0.2, -0.15) is 0 Å². The van der Waals surface area contributed by atoms with Crippen molar-refractivity contribution in [3.63, 3.8) is 0 Å². The fourth-order valence-corrected chi connectivity index (χ4v) is 1.92. The molecule has 98 valence electrons. The maximum Gasteiger partial charge on any atom is 0.239 e. The zero-order valence-corrected chi connectivity index (χ0v) is 10.9. The minimum absolute atomic E-state index is 0.0891. The molecule has 1 saturated carbocycles. The number of nitrogen functional groups attached to an aromatic ring is 1. The summed E-state index contributed by atoms with van der Waals surface area (Å²) in [5.41, 5.74) is 7.49. The zero-order valence-electron chi connectivity index (χ0n) is 10.9. The van der Waals surface area contributed by atoms with E-state index in [-0.39, 0.29) is 5.91 Å². The van der Waals surface area contributed by atoms with Crippen LogP contribution in [0.4, 0.5) is 11.4 Å². The van der Waals surface area contributed by atoms with Gasteiger partial charge in [-0.15, -0.1) is 0 Å². The van der Waals surface area contributed by atoms with Crippen LogP contribution in [-0.4, -0.2) is 25.5 Å². The van der Waals surface area contributed by atoms with Gasteiger partial charge in [0.2, 0.25) is 5.91 Å². The SMILES string of the molecule is CCN(CC(=O)NCC1CC1)c1cccc(N)c1. The number of nitrogens with two attached hydrogens (primary N) is 1. The van der Waals surface area contributed by atoms with Crippen molar-refractivity contribution in [1.82, 2.24) is 5.32 Å². The van der Waals surface area contributed by atoms with Crippen LogP contribution < -0.4 is 16.0 Å². The number of nitrogens with zero attached hydrogens (tertiary/aromatic N) is 1. The molecule has 0 spiro atoms. The van der Waals surface area contributed by atoms with Crippen LogP contribution in [0.5, 0.6) is 0 Å². The van der Waals surface area contributed by atoms with Crippen LogP contribution in [0.15, 0.2) is 24.3 Å². The number of rotatable bonds is 6. The molecule has 0 saturated heterocycles. The topological polar surface area (TPSA) is 58.4 Å². The van der Waals surface area contributed by atoms with Gasteiger partial charge in [-0.1, -0.05) is 6.07 Å². The van der Waals surface area contributed by atoms with Crippen molar-refractivity contribution in [1.29, 1.82) is 0 Å². The van der Waals surface area contributed by atoms with Gasteiger partial charge in [0.15, 0.2) is 0 Å². The summed E-state index contributed by atoms with van der Waals surface area (Å²) >= 11 is 0. The molecule has 1 aliphatic rings. The molecule has 0 bridgehead atoms. The first-order chi connectivity index (χ1) is 8.69. The number of amides is 1. The van der Waals surface area contributed by atoms with E-state index in [1.165, 1.54) is 12.8 Å². The molecule has 0 unspecified atom stereocenters. The maximum atomic E-state index is 11.8. The summed E-state index contributed by atoms with van der Waals surface area (Å²) in [6.45, 7) is 4.05.